The number of hydrogen-bond acceptors (Lipinski definition) is 2. The second kappa shape index (κ2) is 2.56. The summed E-state index contributed by atoms with van der Waals surface area (Å²) in [5, 5.41) is 3.98. The SMILES string of the molecule is C=Cn1ncc(CC)c1N. The molecule has 0 unspecified atom stereocenters. The molecule has 2 N–H and O–H groups in total. The lowest BCUT2D eigenvalue weighted by Gasteiger charge is -1.95. The predicted molar refractivity (Wildman–Crippen MR) is 42.4 cm³/mol. The Morgan fingerprint density at radius 3 is 2.90 bits per heavy atom. The lowest BCUT2D eigenvalue weighted by Crippen LogP contribution is -1.97. The Labute approximate surface area is 60.1 Å². The molecule has 0 bridgehead atoms. The third kappa shape index (κ3) is 0.900. The summed E-state index contributed by atoms with van der Waals surface area (Å²) in [7, 11) is 0. The van der Waals surface area contributed by atoms with Gasteiger partial charge in [0, 0.05) is 11.8 Å². The summed E-state index contributed by atoms with van der Waals surface area (Å²) < 4.78 is 1.57. The van der Waals surface area contributed by atoms with Gasteiger partial charge >= 0.3 is 0 Å². The first-order valence-corrected chi connectivity index (χ1v) is 3.24. The Balaban J connectivity index is 3.08. The van der Waals surface area contributed by atoms with Gasteiger partial charge in [-0.2, -0.15) is 5.10 Å². The molecule has 1 rings (SSSR count). The van der Waals surface area contributed by atoms with Crippen LogP contribution in [0.5, 0.6) is 0 Å². The number of aryl methyl sites for hydroxylation is 1. The van der Waals surface area contributed by atoms with E-state index in [-0.39, 0.29) is 0 Å². The lowest BCUT2D eigenvalue weighted by atomic mass is 10.3. The van der Waals surface area contributed by atoms with Crippen molar-refractivity contribution in [3.05, 3.63) is 18.3 Å². The number of aromatic nitrogens is 2. The van der Waals surface area contributed by atoms with Crippen LogP contribution in [0.15, 0.2) is 12.8 Å². The zero-order valence-corrected chi connectivity index (χ0v) is 6.04. The molecule has 54 valence electrons. The van der Waals surface area contributed by atoms with Crippen molar-refractivity contribution >= 4 is 12.0 Å². The summed E-state index contributed by atoms with van der Waals surface area (Å²) in [4.78, 5) is 0. The molecule has 0 amide bonds. The van der Waals surface area contributed by atoms with Crippen molar-refractivity contribution in [2.24, 2.45) is 0 Å². The van der Waals surface area contributed by atoms with Gasteiger partial charge in [-0.05, 0) is 6.42 Å². The molecule has 0 aliphatic rings. The molecule has 0 saturated heterocycles. The second-order valence-electron chi connectivity index (χ2n) is 2.04. The van der Waals surface area contributed by atoms with Crippen LogP contribution < -0.4 is 5.73 Å². The highest BCUT2D eigenvalue weighted by atomic mass is 15.3. The van der Waals surface area contributed by atoms with Gasteiger partial charge in [0.05, 0.1) is 6.20 Å². The summed E-state index contributed by atoms with van der Waals surface area (Å²) >= 11 is 0. The van der Waals surface area contributed by atoms with E-state index in [2.05, 4.69) is 11.7 Å². The van der Waals surface area contributed by atoms with Crippen LogP contribution in [-0.4, -0.2) is 9.78 Å². The molecule has 3 nitrogen and oxygen atoms in total. The topological polar surface area (TPSA) is 43.8 Å². The van der Waals surface area contributed by atoms with Crippen molar-refractivity contribution in [3.8, 4) is 0 Å². The van der Waals surface area contributed by atoms with E-state index in [4.69, 9.17) is 5.73 Å². The van der Waals surface area contributed by atoms with E-state index in [0.29, 0.717) is 5.82 Å². The maximum atomic E-state index is 5.65. The van der Waals surface area contributed by atoms with E-state index < -0.39 is 0 Å². The van der Waals surface area contributed by atoms with Crippen molar-refractivity contribution < 1.29 is 0 Å². The van der Waals surface area contributed by atoms with Crippen LogP contribution in [0.3, 0.4) is 0 Å². The summed E-state index contributed by atoms with van der Waals surface area (Å²) in [6.45, 7) is 5.60. The maximum absolute atomic E-state index is 5.65. The molecule has 1 aromatic heterocycles. The quantitative estimate of drug-likeness (QED) is 0.664. The molecule has 0 aliphatic carbocycles. The predicted octanol–water partition coefficient (Wildman–Crippen LogP) is 1.13. The van der Waals surface area contributed by atoms with Crippen LogP contribution in [0.25, 0.3) is 6.20 Å². The van der Waals surface area contributed by atoms with Gasteiger partial charge in [0.1, 0.15) is 5.82 Å². The van der Waals surface area contributed by atoms with Crippen LogP contribution in [-0.2, 0) is 6.42 Å². The molecule has 0 saturated carbocycles. The Hall–Kier alpha value is -1.25. The molecule has 0 fully saturated rings. The molecule has 10 heavy (non-hydrogen) atoms. The highest BCUT2D eigenvalue weighted by Crippen LogP contribution is 2.10. The molecule has 0 aliphatic heterocycles. The number of nitrogen functional groups attached to an aromatic ring is 1. The minimum absolute atomic E-state index is 0.692. The third-order valence-corrected chi connectivity index (χ3v) is 1.47. The first kappa shape index (κ1) is 6.86. The summed E-state index contributed by atoms with van der Waals surface area (Å²) in [6.07, 6.45) is 4.27. The van der Waals surface area contributed by atoms with Gasteiger partial charge in [-0.3, -0.25) is 0 Å². The van der Waals surface area contributed by atoms with Gasteiger partial charge in [-0.15, -0.1) is 0 Å². The third-order valence-electron chi connectivity index (χ3n) is 1.47. The first-order valence-electron chi connectivity index (χ1n) is 3.24. The Kier molecular flexibility index (Phi) is 1.76. The Morgan fingerprint density at radius 1 is 1.90 bits per heavy atom. The monoisotopic (exact) mass is 137 g/mol. The van der Waals surface area contributed by atoms with Crippen LogP contribution in [0.1, 0.15) is 12.5 Å². The number of rotatable bonds is 2. The van der Waals surface area contributed by atoms with E-state index in [0.717, 1.165) is 12.0 Å². The molecule has 0 aromatic carbocycles. The molecule has 1 aromatic rings. The molecule has 0 radical (unpaired) electrons. The fourth-order valence-electron chi connectivity index (χ4n) is 0.825. The largest absolute Gasteiger partial charge is 0.383 e. The second-order valence-corrected chi connectivity index (χ2v) is 2.04. The molecular formula is C7H11N3. The normalized spacial score (nSPS) is 9.70. The van der Waals surface area contributed by atoms with Crippen LogP contribution in [0, 0.1) is 0 Å². The highest BCUT2D eigenvalue weighted by Gasteiger charge is 2.00. The number of nitrogens with zero attached hydrogens (tertiary/aromatic N) is 2. The van der Waals surface area contributed by atoms with E-state index in [9.17, 15) is 0 Å². The van der Waals surface area contributed by atoms with Crippen LogP contribution in [0.2, 0.25) is 0 Å². The Morgan fingerprint density at radius 2 is 2.60 bits per heavy atom. The minimum atomic E-state index is 0.692. The van der Waals surface area contributed by atoms with Crippen LogP contribution >= 0.6 is 0 Å². The summed E-state index contributed by atoms with van der Waals surface area (Å²) in [5.74, 6) is 0.692. The minimum Gasteiger partial charge on any atom is -0.383 e. The van der Waals surface area contributed by atoms with Crippen molar-refractivity contribution in [1.82, 2.24) is 9.78 Å². The van der Waals surface area contributed by atoms with Gasteiger partial charge in [0.25, 0.3) is 0 Å². The van der Waals surface area contributed by atoms with Crippen LogP contribution in [0.4, 0.5) is 5.82 Å². The van der Waals surface area contributed by atoms with Gasteiger partial charge in [0.15, 0.2) is 0 Å². The fourth-order valence-corrected chi connectivity index (χ4v) is 0.825. The van der Waals surface area contributed by atoms with Gasteiger partial charge in [-0.1, -0.05) is 13.5 Å². The van der Waals surface area contributed by atoms with Gasteiger partial charge in [0.2, 0.25) is 0 Å². The smallest absolute Gasteiger partial charge is 0.129 e. The van der Waals surface area contributed by atoms with Crippen molar-refractivity contribution in [2.75, 3.05) is 5.73 Å². The first-order chi connectivity index (χ1) is 4.79. The zero-order valence-electron chi connectivity index (χ0n) is 6.04. The number of anilines is 1. The molecule has 0 atom stereocenters. The van der Waals surface area contributed by atoms with E-state index >= 15 is 0 Å². The van der Waals surface area contributed by atoms with E-state index in [1.165, 1.54) is 0 Å². The fraction of sp³-hybridized carbons (Fsp3) is 0.286. The summed E-state index contributed by atoms with van der Waals surface area (Å²) in [5.41, 5.74) is 6.72. The lowest BCUT2D eigenvalue weighted by molar-refractivity contribution is 0.947. The molecular weight excluding hydrogens is 126 g/mol. The summed E-state index contributed by atoms with van der Waals surface area (Å²) in [6, 6.07) is 0. The van der Waals surface area contributed by atoms with E-state index in [1.54, 1.807) is 17.1 Å². The number of hydrogen-bond donors (Lipinski definition) is 1. The average Bonchev–Trinajstić information content (AvgIpc) is 2.30. The van der Waals surface area contributed by atoms with Crippen molar-refractivity contribution in [1.29, 1.82) is 0 Å². The van der Waals surface area contributed by atoms with Gasteiger partial charge in [-0.25, -0.2) is 4.68 Å². The molecule has 1 heterocycles. The molecule has 0 spiro atoms. The van der Waals surface area contributed by atoms with Crippen molar-refractivity contribution in [2.45, 2.75) is 13.3 Å². The maximum Gasteiger partial charge on any atom is 0.129 e. The van der Waals surface area contributed by atoms with E-state index in [1.807, 2.05) is 6.92 Å². The van der Waals surface area contributed by atoms with Crippen molar-refractivity contribution in [3.63, 3.8) is 0 Å². The average molecular weight is 137 g/mol. The standard InChI is InChI=1S/C7H11N3/c1-3-6-5-9-10(4-2)7(6)8/h4-5H,2-3,8H2,1H3. The molecule has 3 heteroatoms. The van der Waals surface area contributed by atoms with Gasteiger partial charge < -0.3 is 5.73 Å². The number of nitrogens with two attached hydrogens (primary N) is 1. The zero-order chi connectivity index (χ0) is 7.56. The highest BCUT2D eigenvalue weighted by molar-refractivity contribution is 5.44. The Bertz CT molecular complexity index is 237.